The third kappa shape index (κ3) is 2.06. The normalized spacial score (nSPS) is 25.2. The number of amides is 3. The predicted octanol–water partition coefficient (Wildman–Crippen LogP) is 1.66. The highest BCUT2D eigenvalue weighted by molar-refractivity contribution is 6.99. The fraction of sp³-hybridized carbons (Fsp3) is 0.800. The summed E-state index contributed by atoms with van der Waals surface area (Å²) >= 11 is 0. The smallest absolute Gasteiger partial charge is 0.321 e. The van der Waals surface area contributed by atoms with Crippen LogP contribution in [0.2, 0.25) is 39.3 Å². The minimum absolute atomic E-state index is 0.561. The molecule has 1 unspecified atom stereocenters. The Bertz CT molecular complexity index is 346. The second kappa shape index (κ2) is 3.91. The van der Waals surface area contributed by atoms with Crippen molar-refractivity contribution in [3.05, 3.63) is 0 Å². The third-order valence-corrected chi connectivity index (χ3v) is 13.5. The summed E-state index contributed by atoms with van der Waals surface area (Å²) in [5, 5.41) is 4.78. The Morgan fingerprint density at radius 1 is 1.06 bits per heavy atom. The van der Waals surface area contributed by atoms with Gasteiger partial charge in [0.25, 0.3) is 5.91 Å². The second-order valence-electron chi connectivity index (χ2n) is 6.61. The molecule has 98 valence electrons. The molecule has 1 aliphatic rings. The van der Waals surface area contributed by atoms with Crippen LogP contribution in [0.15, 0.2) is 0 Å². The molecule has 1 rings (SSSR count). The van der Waals surface area contributed by atoms with E-state index in [-0.39, 0.29) is 0 Å². The summed E-state index contributed by atoms with van der Waals surface area (Å²) in [4.78, 5) is 22.2. The van der Waals surface area contributed by atoms with E-state index in [1.165, 1.54) is 0 Å². The van der Waals surface area contributed by atoms with Gasteiger partial charge in [0.1, 0.15) is 0 Å². The molecular weight excluding hydrogens is 255 g/mol. The van der Waals surface area contributed by atoms with Crippen LogP contribution >= 0.6 is 0 Å². The van der Waals surface area contributed by atoms with Crippen molar-refractivity contribution in [1.29, 1.82) is 0 Å². The van der Waals surface area contributed by atoms with Gasteiger partial charge in [0.15, 0.2) is 6.17 Å². The molecule has 4 nitrogen and oxygen atoms in total. The van der Waals surface area contributed by atoms with Crippen molar-refractivity contribution in [3.8, 4) is 0 Å². The van der Waals surface area contributed by atoms with Crippen molar-refractivity contribution >= 4 is 28.1 Å². The Balaban J connectivity index is 3.42. The van der Waals surface area contributed by atoms with E-state index in [1.807, 2.05) is 44.6 Å². The fourth-order valence-corrected chi connectivity index (χ4v) is 14.7. The number of carbonyl (C=O) groups excluding carboxylic acids is 2. The maximum Gasteiger partial charge on any atom is 0.321 e. The van der Waals surface area contributed by atoms with E-state index < -0.39 is 39.0 Å². The summed E-state index contributed by atoms with van der Waals surface area (Å²) in [5.74, 6) is -0.793. The Labute approximate surface area is 103 Å². The van der Waals surface area contributed by atoms with Gasteiger partial charge in [-0.05, 0) is 0 Å². The number of hydrogen-bond acceptors (Lipinski definition) is 2. The molecule has 17 heavy (non-hydrogen) atoms. The number of rotatable bonds is 2. The van der Waals surface area contributed by atoms with Crippen LogP contribution in [0.4, 0.5) is 9.18 Å². The Hall–Kier alpha value is -0.696. The minimum Gasteiger partial charge on any atom is -0.334 e. The Morgan fingerprint density at radius 3 is 1.82 bits per heavy atom. The van der Waals surface area contributed by atoms with Crippen molar-refractivity contribution in [3.63, 3.8) is 0 Å². The number of alkyl halides is 1. The highest BCUT2D eigenvalue weighted by Gasteiger charge is 2.63. The third-order valence-electron chi connectivity index (χ3n) is 3.52. The first-order chi connectivity index (χ1) is 7.43. The quantitative estimate of drug-likeness (QED) is 0.754. The summed E-state index contributed by atoms with van der Waals surface area (Å²) in [6, 6.07) is -0.561. The molecule has 7 heteroatoms. The lowest BCUT2D eigenvalue weighted by Gasteiger charge is -2.54. The minimum atomic E-state index is -2.09. The number of hydrogen-bond donors (Lipinski definition) is 2. The first-order valence-corrected chi connectivity index (χ1v) is 12.7. The van der Waals surface area contributed by atoms with Crippen LogP contribution in [0.25, 0.3) is 0 Å². The van der Waals surface area contributed by atoms with Crippen LogP contribution in [0.3, 0.4) is 0 Å². The van der Waals surface area contributed by atoms with Crippen molar-refractivity contribution < 1.29 is 14.0 Å². The maximum absolute atomic E-state index is 14.5. The predicted molar refractivity (Wildman–Crippen MR) is 71.0 cm³/mol. The highest BCUT2D eigenvalue weighted by atomic mass is 28.4. The van der Waals surface area contributed by atoms with Gasteiger partial charge in [-0.2, -0.15) is 0 Å². The zero-order valence-corrected chi connectivity index (χ0v) is 13.3. The molecule has 1 atom stereocenters. The van der Waals surface area contributed by atoms with E-state index in [0.29, 0.717) is 0 Å². The number of halogens is 1. The van der Waals surface area contributed by atoms with Crippen molar-refractivity contribution in [2.24, 2.45) is 0 Å². The van der Waals surface area contributed by atoms with E-state index in [0.717, 1.165) is 0 Å². The lowest BCUT2D eigenvalue weighted by atomic mass is 10.3. The average molecular weight is 276 g/mol. The van der Waals surface area contributed by atoms with Crippen LogP contribution in [-0.2, 0) is 4.79 Å². The molecule has 3 amide bonds. The van der Waals surface area contributed by atoms with E-state index in [9.17, 15) is 14.0 Å². The van der Waals surface area contributed by atoms with Crippen molar-refractivity contribution in [1.82, 2.24) is 10.6 Å². The molecule has 2 N–H and O–H groups in total. The lowest BCUT2D eigenvalue weighted by Crippen LogP contribution is -2.84. The van der Waals surface area contributed by atoms with E-state index in [1.54, 1.807) is 0 Å². The van der Waals surface area contributed by atoms with Gasteiger partial charge in [0, 0.05) is 0 Å². The SMILES string of the molecule is C[Si](C)(C)C1([Si](C)(C)C)NC(=O)NC(=O)C1F. The second-order valence-corrected chi connectivity index (χ2v) is 17.7. The van der Waals surface area contributed by atoms with Gasteiger partial charge >= 0.3 is 6.03 Å². The molecule has 0 spiro atoms. The summed E-state index contributed by atoms with van der Waals surface area (Å²) in [6.45, 7) is 12.0. The van der Waals surface area contributed by atoms with Crippen LogP contribution in [0, 0.1) is 0 Å². The molecule has 0 radical (unpaired) electrons. The molecule has 1 saturated heterocycles. The van der Waals surface area contributed by atoms with E-state index >= 15 is 0 Å². The van der Waals surface area contributed by atoms with Crippen LogP contribution in [-0.4, -0.2) is 39.0 Å². The topological polar surface area (TPSA) is 58.2 Å². The van der Waals surface area contributed by atoms with Crippen molar-refractivity contribution in [2.75, 3.05) is 0 Å². The molecule has 1 fully saturated rings. The highest BCUT2D eigenvalue weighted by Crippen LogP contribution is 2.37. The number of imide groups is 1. The lowest BCUT2D eigenvalue weighted by molar-refractivity contribution is -0.126. The molecule has 0 saturated carbocycles. The van der Waals surface area contributed by atoms with Gasteiger partial charge in [0.05, 0.1) is 20.9 Å². The number of carbonyl (C=O) groups is 2. The number of nitrogens with one attached hydrogen (secondary N) is 2. The standard InChI is InChI=1S/C10H21FN2O2Si2/c1-16(2,3)10(17(4,5)6)7(11)8(14)12-9(15)13-10/h7H,1-6H3,(H2,12,13,14,15). The molecule has 0 aromatic rings. The fourth-order valence-electron chi connectivity index (χ4n) is 2.91. The number of urea groups is 1. The summed E-state index contributed by atoms with van der Waals surface area (Å²) < 4.78 is 14.5. The van der Waals surface area contributed by atoms with E-state index in [4.69, 9.17) is 0 Å². The summed E-state index contributed by atoms with van der Waals surface area (Å²) in [6.07, 6.45) is -1.64. The molecule has 1 aliphatic heterocycles. The van der Waals surface area contributed by atoms with Gasteiger partial charge < -0.3 is 5.32 Å². The van der Waals surface area contributed by atoms with Gasteiger partial charge in [-0.15, -0.1) is 0 Å². The largest absolute Gasteiger partial charge is 0.334 e. The van der Waals surface area contributed by atoms with Gasteiger partial charge in [-0.3, -0.25) is 10.1 Å². The first kappa shape index (κ1) is 14.4. The van der Waals surface area contributed by atoms with Crippen LogP contribution in [0.5, 0.6) is 0 Å². The van der Waals surface area contributed by atoms with Gasteiger partial charge in [-0.1, -0.05) is 39.3 Å². The molecule has 0 bridgehead atoms. The molecule has 0 aromatic carbocycles. The summed E-state index contributed by atoms with van der Waals surface area (Å²) in [5.41, 5.74) is 0. The molecule has 1 heterocycles. The van der Waals surface area contributed by atoms with Gasteiger partial charge in [0.2, 0.25) is 0 Å². The molecule has 0 aromatic heterocycles. The summed E-state index contributed by atoms with van der Waals surface area (Å²) in [7, 11) is -4.19. The zero-order chi connectivity index (χ0) is 13.6. The van der Waals surface area contributed by atoms with Crippen molar-refractivity contribution in [2.45, 2.75) is 50.2 Å². The zero-order valence-electron chi connectivity index (χ0n) is 11.3. The van der Waals surface area contributed by atoms with Crippen LogP contribution < -0.4 is 10.6 Å². The average Bonchev–Trinajstić information content (AvgIpc) is 2.06. The Kier molecular flexibility index (Phi) is 3.30. The first-order valence-electron chi connectivity index (χ1n) is 5.70. The Morgan fingerprint density at radius 2 is 1.47 bits per heavy atom. The maximum atomic E-state index is 14.5. The monoisotopic (exact) mass is 276 g/mol. The van der Waals surface area contributed by atoms with Gasteiger partial charge in [-0.25, -0.2) is 9.18 Å². The van der Waals surface area contributed by atoms with E-state index in [2.05, 4.69) is 5.32 Å². The molecule has 0 aliphatic carbocycles. The van der Waals surface area contributed by atoms with Crippen LogP contribution in [0.1, 0.15) is 0 Å². The molecular formula is C10H21FN2O2Si2.